The summed E-state index contributed by atoms with van der Waals surface area (Å²) in [5.41, 5.74) is 1.35. The number of carbonyl (C=O) groups excluding carboxylic acids is 2. The Morgan fingerprint density at radius 1 is 1.03 bits per heavy atom. The average molecular weight is 419 g/mol. The molecule has 3 aliphatic heterocycles. The van der Waals surface area contributed by atoms with Crippen molar-refractivity contribution in [3.05, 3.63) is 60.4 Å². The Balaban J connectivity index is 1.44. The van der Waals surface area contributed by atoms with Crippen LogP contribution in [-0.4, -0.2) is 49.3 Å². The fourth-order valence-corrected chi connectivity index (χ4v) is 4.32. The number of nitrogens with zero attached hydrogens (tertiary/aromatic N) is 5. The number of hydrogen-bond donors (Lipinski definition) is 0. The third kappa shape index (κ3) is 2.42. The minimum absolute atomic E-state index is 0.118. The van der Waals surface area contributed by atoms with Crippen molar-refractivity contribution < 1.29 is 23.8 Å². The van der Waals surface area contributed by atoms with E-state index >= 15 is 0 Å². The van der Waals surface area contributed by atoms with Gasteiger partial charge in [-0.1, -0.05) is 18.7 Å². The van der Waals surface area contributed by atoms with Gasteiger partial charge in [-0.3, -0.25) is 14.2 Å². The van der Waals surface area contributed by atoms with Gasteiger partial charge in [0.1, 0.15) is 24.5 Å². The van der Waals surface area contributed by atoms with Crippen LogP contribution in [0.15, 0.2) is 49.3 Å². The number of carbonyl (C=O) groups is 2. The summed E-state index contributed by atoms with van der Waals surface area (Å²) in [6.07, 6.45) is 1.33. The SMILES string of the molecule is C=C1O[C@@H](n2cnc3c(N4C(=O)c5ccccc5C4=O)ncnc32)[C@@H]2OC(C)(C)O[C@H]12. The largest absolute Gasteiger partial charge is 0.469 e. The van der Waals surface area contributed by atoms with Crippen molar-refractivity contribution in [2.45, 2.75) is 38.1 Å². The smallest absolute Gasteiger partial charge is 0.267 e. The summed E-state index contributed by atoms with van der Waals surface area (Å²) < 4.78 is 19.5. The molecule has 3 aromatic rings. The molecule has 0 radical (unpaired) electrons. The molecular weight excluding hydrogens is 402 g/mol. The standard InChI is InChI=1S/C21H17N5O5/c1-10-14-15(31-21(2,3)30-14)20(29-10)25-9-24-13-16(25)22-8-23-17(13)26-18(27)11-6-4-5-7-12(11)19(26)28/h4-9,14-15,20H,1H2,2-3H3/t14-,15-,20-/m1/s1. The van der Waals surface area contributed by atoms with Gasteiger partial charge in [0.2, 0.25) is 6.23 Å². The van der Waals surface area contributed by atoms with Crippen LogP contribution in [-0.2, 0) is 14.2 Å². The zero-order chi connectivity index (χ0) is 21.5. The van der Waals surface area contributed by atoms with Gasteiger partial charge in [0.05, 0.1) is 11.1 Å². The molecule has 3 aliphatic rings. The van der Waals surface area contributed by atoms with Gasteiger partial charge in [0, 0.05) is 0 Å². The van der Waals surface area contributed by atoms with Crippen molar-refractivity contribution in [1.29, 1.82) is 0 Å². The summed E-state index contributed by atoms with van der Waals surface area (Å²) in [5, 5.41) is 0. The molecule has 2 saturated heterocycles. The number of benzene rings is 1. The molecule has 0 saturated carbocycles. The highest BCUT2D eigenvalue weighted by Gasteiger charge is 2.54. The van der Waals surface area contributed by atoms with Crippen molar-refractivity contribution in [2.75, 3.05) is 4.90 Å². The highest BCUT2D eigenvalue weighted by atomic mass is 16.8. The molecule has 31 heavy (non-hydrogen) atoms. The summed E-state index contributed by atoms with van der Waals surface area (Å²) in [6.45, 7) is 7.58. The lowest BCUT2D eigenvalue weighted by Crippen LogP contribution is -2.30. The van der Waals surface area contributed by atoms with E-state index in [1.54, 1.807) is 28.8 Å². The maximum Gasteiger partial charge on any atom is 0.267 e. The molecule has 0 N–H and O–H groups in total. The van der Waals surface area contributed by atoms with Crippen LogP contribution < -0.4 is 4.90 Å². The molecular formula is C21H17N5O5. The first-order valence-electron chi connectivity index (χ1n) is 9.72. The molecule has 2 amide bonds. The predicted molar refractivity (Wildman–Crippen MR) is 106 cm³/mol. The number of fused-ring (bicyclic) bond motifs is 3. The third-order valence-electron chi connectivity index (χ3n) is 5.62. The van der Waals surface area contributed by atoms with Crippen LogP contribution >= 0.6 is 0 Å². The number of rotatable bonds is 2. The number of hydrogen-bond acceptors (Lipinski definition) is 8. The van der Waals surface area contributed by atoms with Crippen molar-refractivity contribution in [3.8, 4) is 0 Å². The first kappa shape index (κ1) is 18.2. The second kappa shape index (κ2) is 5.96. The molecule has 2 aromatic heterocycles. The van der Waals surface area contributed by atoms with E-state index in [9.17, 15) is 9.59 Å². The van der Waals surface area contributed by atoms with Crippen molar-refractivity contribution >= 4 is 28.8 Å². The van der Waals surface area contributed by atoms with E-state index < -0.39 is 36.0 Å². The van der Waals surface area contributed by atoms with Gasteiger partial charge in [-0.05, 0) is 26.0 Å². The van der Waals surface area contributed by atoms with Crippen molar-refractivity contribution in [1.82, 2.24) is 19.5 Å². The molecule has 5 heterocycles. The van der Waals surface area contributed by atoms with Crippen molar-refractivity contribution in [3.63, 3.8) is 0 Å². The van der Waals surface area contributed by atoms with Crippen LogP contribution in [0.4, 0.5) is 5.82 Å². The Morgan fingerprint density at radius 3 is 2.45 bits per heavy atom. The van der Waals surface area contributed by atoms with Gasteiger partial charge in [0.25, 0.3) is 11.8 Å². The summed E-state index contributed by atoms with van der Waals surface area (Å²) in [7, 11) is 0. The molecule has 6 rings (SSSR count). The fraction of sp³-hybridized carbons (Fsp3) is 0.286. The van der Waals surface area contributed by atoms with Gasteiger partial charge < -0.3 is 14.2 Å². The van der Waals surface area contributed by atoms with Gasteiger partial charge in [-0.25, -0.2) is 19.9 Å². The lowest BCUT2D eigenvalue weighted by molar-refractivity contribution is -0.173. The lowest BCUT2D eigenvalue weighted by Gasteiger charge is -2.23. The van der Waals surface area contributed by atoms with E-state index in [4.69, 9.17) is 14.2 Å². The molecule has 0 aliphatic carbocycles. The second-order valence-corrected chi connectivity index (χ2v) is 8.01. The van der Waals surface area contributed by atoms with Crippen LogP contribution in [0.3, 0.4) is 0 Å². The van der Waals surface area contributed by atoms with E-state index in [-0.39, 0.29) is 5.82 Å². The first-order valence-corrected chi connectivity index (χ1v) is 9.72. The first-order chi connectivity index (χ1) is 14.9. The molecule has 3 atom stereocenters. The molecule has 1 aromatic carbocycles. The number of amides is 2. The van der Waals surface area contributed by atoms with Gasteiger partial charge in [-0.15, -0.1) is 0 Å². The number of imide groups is 1. The third-order valence-corrected chi connectivity index (χ3v) is 5.62. The molecule has 2 fully saturated rings. The quantitative estimate of drug-likeness (QED) is 0.582. The highest BCUT2D eigenvalue weighted by Crippen LogP contribution is 2.45. The van der Waals surface area contributed by atoms with Crippen LogP contribution in [0, 0.1) is 0 Å². The zero-order valence-corrected chi connectivity index (χ0v) is 16.7. The Labute approximate surface area is 176 Å². The van der Waals surface area contributed by atoms with Gasteiger partial charge >= 0.3 is 0 Å². The van der Waals surface area contributed by atoms with Crippen LogP contribution in [0.1, 0.15) is 40.8 Å². The summed E-state index contributed by atoms with van der Waals surface area (Å²) in [5.74, 6) is -1.11. The molecule has 10 heteroatoms. The molecule has 0 bridgehead atoms. The average Bonchev–Trinajstić information content (AvgIpc) is 3.45. The van der Waals surface area contributed by atoms with Crippen LogP contribution in [0.2, 0.25) is 0 Å². The van der Waals surface area contributed by atoms with Crippen molar-refractivity contribution in [2.24, 2.45) is 0 Å². The van der Waals surface area contributed by atoms with E-state index in [1.165, 1.54) is 12.7 Å². The molecule has 10 nitrogen and oxygen atoms in total. The van der Waals surface area contributed by atoms with E-state index in [0.29, 0.717) is 28.0 Å². The van der Waals surface area contributed by atoms with Crippen LogP contribution in [0.5, 0.6) is 0 Å². The Hall–Kier alpha value is -3.63. The number of ether oxygens (including phenoxy) is 3. The van der Waals surface area contributed by atoms with Gasteiger partial charge in [0.15, 0.2) is 28.9 Å². The number of imidazole rings is 1. The molecule has 156 valence electrons. The lowest BCUT2D eigenvalue weighted by atomic mass is 10.1. The highest BCUT2D eigenvalue weighted by molar-refractivity contribution is 6.35. The fourth-order valence-electron chi connectivity index (χ4n) is 4.32. The number of aromatic nitrogens is 4. The molecule has 0 unspecified atom stereocenters. The predicted octanol–water partition coefficient (Wildman–Crippen LogP) is 2.19. The Morgan fingerprint density at radius 2 is 1.74 bits per heavy atom. The summed E-state index contributed by atoms with van der Waals surface area (Å²) in [4.78, 5) is 39.8. The van der Waals surface area contributed by atoms with E-state index in [1.807, 2.05) is 13.8 Å². The monoisotopic (exact) mass is 419 g/mol. The topological polar surface area (TPSA) is 109 Å². The van der Waals surface area contributed by atoms with Crippen LogP contribution in [0.25, 0.3) is 11.2 Å². The Kier molecular flexibility index (Phi) is 3.49. The maximum atomic E-state index is 12.9. The molecule has 0 spiro atoms. The Bertz CT molecular complexity index is 1260. The number of anilines is 1. The second-order valence-electron chi connectivity index (χ2n) is 8.01. The zero-order valence-electron chi connectivity index (χ0n) is 16.7. The van der Waals surface area contributed by atoms with E-state index in [0.717, 1.165) is 4.90 Å². The van der Waals surface area contributed by atoms with E-state index in [2.05, 4.69) is 21.5 Å². The minimum Gasteiger partial charge on any atom is -0.469 e. The maximum absolute atomic E-state index is 12.9. The minimum atomic E-state index is -0.781. The summed E-state index contributed by atoms with van der Waals surface area (Å²) >= 11 is 0. The van der Waals surface area contributed by atoms with Gasteiger partial charge in [-0.2, -0.15) is 0 Å². The normalized spacial score (nSPS) is 26.5. The summed E-state index contributed by atoms with van der Waals surface area (Å²) in [6, 6.07) is 6.65.